The first-order valence-electron chi connectivity index (χ1n) is 4.19. The van der Waals surface area contributed by atoms with Crippen molar-refractivity contribution in [2.24, 2.45) is 0 Å². The summed E-state index contributed by atoms with van der Waals surface area (Å²) in [6, 6.07) is -1.42. The molecule has 0 bridgehead atoms. The monoisotopic (exact) mass is 258 g/mol. The fraction of sp³-hybridized carbons (Fsp3) is 0.833. The molecule has 0 rings (SSSR count). The maximum Gasteiger partial charge on any atom is 0.323 e. The van der Waals surface area contributed by atoms with Gasteiger partial charge in [-0.2, -0.15) is 0 Å². The average molecular weight is 258 g/mol. The Labute approximate surface area is 90.9 Å². The second-order valence-corrected chi connectivity index (χ2v) is 4.10. The summed E-state index contributed by atoms with van der Waals surface area (Å²) in [5.41, 5.74) is 0. The molecule has 0 heterocycles. The molecular weight excluding hydrogens is 245 g/mol. The molecule has 96 valence electrons. The van der Waals surface area contributed by atoms with Gasteiger partial charge in [0, 0.05) is 6.54 Å². The molecule has 5 N–H and O–H groups in total. The number of phosphoric acid groups is 1. The summed E-state index contributed by atoms with van der Waals surface area (Å²) in [6.07, 6.45) is -1.17. The molecule has 0 aliphatic heterocycles. The minimum Gasteiger partial charge on any atom is -0.756 e. The molecule has 0 fully saturated rings. The highest BCUT2D eigenvalue weighted by atomic mass is 31.2. The van der Waals surface area contributed by atoms with Crippen LogP contribution >= 0.6 is 7.82 Å². The van der Waals surface area contributed by atoms with Gasteiger partial charge in [0.1, 0.15) is 6.04 Å². The molecule has 0 saturated heterocycles. The molecule has 10 heteroatoms. The van der Waals surface area contributed by atoms with E-state index in [2.05, 4.69) is 9.84 Å². The van der Waals surface area contributed by atoms with Crippen molar-refractivity contribution in [2.75, 3.05) is 19.8 Å². The van der Waals surface area contributed by atoms with E-state index >= 15 is 0 Å². The fourth-order valence-electron chi connectivity index (χ4n) is 0.729. The topological polar surface area (TPSA) is 159 Å². The van der Waals surface area contributed by atoms with Gasteiger partial charge in [-0.25, -0.2) is 0 Å². The summed E-state index contributed by atoms with van der Waals surface area (Å²) in [5.74, 6) is -1.42. The van der Waals surface area contributed by atoms with Crippen LogP contribution < -0.4 is 10.2 Å². The Morgan fingerprint density at radius 2 is 2.12 bits per heavy atom. The Morgan fingerprint density at radius 3 is 2.50 bits per heavy atom. The fourth-order valence-corrected chi connectivity index (χ4v) is 1.07. The van der Waals surface area contributed by atoms with E-state index in [4.69, 9.17) is 20.2 Å². The summed E-state index contributed by atoms with van der Waals surface area (Å²) in [7, 11) is -4.98. The summed E-state index contributed by atoms with van der Waals surface area (Å²) in [6.45, 7) is -1.64. The van der Waals surface area contributed by atoms with Gasteiger partial charge in [-0.15, -0.1) is 0 Å². The molecule has 0 aromatic rings. The predicted molar refractivity (Wildman–Crippen MR) is 48.3 cm³/mol. The van der Waals surface area contributed by atoms with Crippen LogP contribution in [0.2, 0.25) is 0 Å². The van der Waals surface area contributed by atoms with E-state index in [0.29, 0.717) is 0 Å². The standard InChI is InChI=1S/C6H14NO8P/c8-2-4(9)1-7-5(6(10)11)3-15-16(12,13)14/h4-5,7-9H,1-3H2,(H,10,11)(H2,12,13,14)/p-1/t4?,5-/m0/s1. The van der Waals surface area contributed by atoms with Crippen molar-refractivity contribution in [3.05, 3.63) is 0 Å². The van der Waals surface area contributed by atoms with Gasteiger partial charge in [0.05, 0.1) is 19.3 Å². The quantitative estimate of drug-likeness (QED) is 0.283. The van der Waals surface area contributed by atoms with Crippen LogP contribution in [-0.2, 0) is 13.9 Å². The molecule has 0 aromatic carbocycles. The van der Waals surface area contributed by atoms with Gasteiger partial charge in [0.15, 0.2) is 0 Å². The van der Waals surface area contributed by atoms with Crippen molar-refractivity contribution in [1.82, 2.24) is 5.32 Å². The zero-order valence-electron chi connectivity index (χ0n) is 8.15. The number of hydrogen-bond acceptors (Lipinski definition) is 7. The Morgan fingerprint density at radius 1 is 1.56 bits per heavy atom. The molecule has 9 nitrogen and oxygen atoms in total. The van der Waals surface area contributed by atoms with Crippen molar-refractivity contribution < 1.29 is 39.0 Å². The lowest BCUT2D eigenvalue weighted by Crippen LogP contribution is -2.44. The summed E-state index contributed by atoms with van der Waals surface area (Å²) >= 11 is 0. The smallest absolute Gasteiger partial charge is 0.323 e. The molecule has 0 aliphatic carbocycles. The van der Waals surface area contributed by atoms with Crippen LogP contribution in [0.25, 0.3) is 0 Å². The van der Waals surface area contributed by atoms with E-state index in [9.17, 15) is 14.3 Å². The molecule has 0 aromatic heterocycles. The number of nitrogens with one attached hydrogen (secondary N) is 1. The van der Waals surface area contributed by atoms with Crippen molar-refractivity contribution >= 4 is 13.8 Å². The highest BCUT2D eigenvalue weighted by molar-refractivity contribution is 7.44. The first kappa shape index (κ1) is 15.5. The summed E-state index contributed by atoms with van der Waals surface area (Å²) in [4.78, 5) is 29.0. The first-order chi connectivity index (χ1) is 7.26. The maximum atomic E-state index is 10.6. The first-order valence-corrected chi connectivity index (χ1v) is 5.69. The molecule has 0 aliphatic rings. The van der Waals surface area contributed by atoms with Gasteiger partial charge in [-0.3, -0.25) is 14.7 Å². The molecule has 0 radical (unpaired) electrons. The van der Waals surface area contributed by atoms with Crippen LogP contribution in [0, 0.1) is 0 Å². The molecule has 16 heavy (non-hydrogen) atoms. The van der Waals surface area contributed by atoms with E-state index in [-0.39, 0.29) is 6.54 Å². The van der Waals surface area contributed by atoms with Crippen molar-refractivity contribution in [1.29, 1.82) is 0 Å². The molecule has 0 spiro atoms. The maximum absolute atomic E-state index is 10.6. The van der Waals surface area contributed by atoms with Crippen LogP contribution in [0.3, 0.4) is 0 Å². The summed E-state index contributed by atoms with van der Waals surface area (Å²) in [5, 5.41) is 28.2. The zero-order chi connectivity index (χ0) is 12.8. The van der Waals surface area contributed by atoms with Gasteiger partial charge in [0.25, 0.3) is 7.82 Å². The number of carboxylic acid groups (broad SMARTS) is 1. The molecule has 0 amide bonds. The Hall–Kier alpha value is -0.540. The number of phosphoric ester groups is 1. The second kappa shape index (κ2) is 6.92. The number of hydrogen-bond donors (Lipinski definition) is 5. The van der Waals surface area contributed by atoms with E-state index in [0.717, 1.165) is 0 Å². The van der Waals surface area contributed by atoms with Gasteiger partial charge in [0.2, 0.25) is 0 Å². The number of aliphatic hydroxyl groups excluding tert-OH is 2. The van der Waals surface area contributed by atoms with Gasteiger partial charge in [-0.05, 0) is 0 Å². The molecule has 2 unspecified atom stereocenters. The van der Waals surface area contributed by atoms with Gasteiger partial charge in [-0.1, -0.05) is 0 Å². The third-order valence-electron chi connectivity index (χ3n) is 1.51. The second-order valence-electron chi connectivity index (χ2n) is 2.90. The number of aliphatic hydroxyl groups is 2. The summed E-state index contributed by atoms with van der Waals surface area (Å²) < 4.78 is 14.1. The van der Waals surface area contributed by atoms with E-state index in [1.54, 1.807) is 0 Å². The van der Waals surface area contributed by atoms with E-state index < -0.39 is 39.2 Å². The highest BCUT2D eigenvalue weighted by Crippen LogP contribution is 2.30. The van der Waals surface area contributed by atoms with Gasteiger partial charge >= 0.3 is 5.97 Å². The number of carbonyl (C=O) groups is 1. The van der Waals surface area contributed by atoms with Crippen molar-refractivity contribution in [3.63, 3.8) is 0 Å². The molecule has 0 saturated carbocycles. The Kier molecular flexibility index (Phi) is 6.68. The third-order valence-corrected chi connectivity index (χ3v) is 1.99. The number of aliphatic carboxylic acids is 1. The molecule has 3 atom stereocenters. The normalized spacial score (nSPS) is 18.8. The minimum absolute atomic E-state index is 0.259. The SMILES string of the molecule is O=C(O)[C@H](COP(=O)([O-])O)NCC(O)CO. The Balaban J connectivity index is 4.09. The lowest BCUT2D eigenvalue weighted by atomic mass is 10.3. The van der Waals surface area contributed by atoms with Crippen LogP contribution in [0.15, 0.2) is 0 Å². The van der Waals surface area contributed by atoms with E-state index in [1.165, 1.54) is 0 Å². The average Bonchev–Trinajstić information content (AvgIpc) is 2.14. The van der Waals surface area contributed by atoms with Crippen LogP contribution in [0.1, 0.15) is 0 Å². The highest BCUT2D eigenvalue weighted by Gasteiger charge is 2.20. The van der Waals surface area contributed by atoms with Crippen LogP contribution in [0.5, 0.6) is 0 Å². The van der Waals surface area contributed by atoms with Crippen LogP contribution in [0.4, 0.5) is 0 Å². The van der Waals surface area contributed by atoms with E-state index in [1.807, 2.05) is 0 Å². The third kappa shape index (κ3) is 7.71. The lowest BCUT2D eigenvalue weighted by Gasteiger charge is -2.20. The lowest BCUT2D eigenvalue weighted by molar-refractivity contribution is -0.220. The number of carboxylic acids is 1. The Bertz CT molecular complexity index is 265. The zero-order valence-corrected chi connectivity index (χ0v) is 9.04. The minimum atomic E-state index is -4.98. The number of rotatable bonds is 8. The van der Waals surface area contributed by atoms with Crippen molar-refractivity contribution in [2.45, 2.75) is 12.1 Å². The van der Waals surface area contributed by atoms with Crippen LogP contribution in [-0.4, -0.2) is 58.1 Å². The largest absolute Gasteiger partial charge is 0.756 e. The molecular formula is C6H13NO8P-. The predicted octanol–water partition coefficient (Wildman–Crippen LogP) is -3.14. The van der Waals surface area contributed by atoms with Crippen molar-refractivity contribution in [3.8, 4) is 0 Å². The van der Waals surface area contributed by atoms with Gasteiger partial charge < -0.3 is 29.6 Å².